The van der Waals surface area contributed by atoms with Gasteiger partial charge in [0.2, 0.25) is 0 Å². The molecule has 0 amide bonds. The van der Waals surface area contributed by atoms with Crippen LogP contribution in [0.3, 0.4) is 0 Å². The van der Waals surface area contributed by atoms with E-state index in [-0.39, 0.29) is 12.0 Å². The van der Waals surface area contributed by atoms with Crippen molar-refractivity contribution in [1.29, 1.82) is 0 Å². The highest BCUT2D eigenvalue weighted by Crippen LogP contribution is 2.08. The van der Waals surface area contributed by atoms with Crippen molar-refractivity contribution in [3.05, 3.63) is 0 Å². The second-order valence-corrected chi connectivity index (χ2v) is 2.89. The van der Waals surface area contributed by atoms with Crippen LogP contribution in [-0.4, -0.2) is 30.6 Å². The molecule has 0 saturated heterocycles. The Hall–Kier alpha value is -0.280. The Kier molecular flexibility index (Phi) is 5.24. The highest BCUT2D eigenvalue weighted by Gasteiger charge is 2.21. The fraction of sp³-hybridized carbons (Fsp3) is 0.857. The number of ether oxygens (including phenoxy) is 1. The maximum Gasteiger partial charge on any atom is 0.324 e. The molecule has 0 spiro atoms. The van der Waals surface area contributed by atoms with Crippen LogP contribution in [0.1, 0.15) is 19.8 Å². The Morgan fingerprint density at radius 3 is 2.55 bits per heavy atom. The number of rotatable bonds is 4. The third kappa shape index (κ3) is 3.58. The average molecular weight is 180 g/mol. The first-order chi connectivity index (χ1) is 5.13. The lowest BCUT2D eigenvalue weighted by molar-refractivity contribution is -0.145. The van der Waals surface area contributed by atoms with E-state index < -0.39 is 0 Å². The average Bonchev–Trinajstić information content (AvgIpc) is 1.98. The quantitative estimate of drug-likeness (QED) is 0.483. The lowest BCUT2D eigenvalue weighted by atomic mass is 10.2. The number of hydrogen-bond donors (Lipinski definition) is 0. The molecule has 11 heavy (non-hydrogen) atoms. The van der Waals surface area contributed by atoms with E-state index >= 15 is 0 Å². The molecule has 4 heteroatoms. The van der Waals surface area contributed by atoms with E-state index in [2.05, 4.69) is 4.74 Å². The third-order valence-corrected chi connectivity index (χ3v) is 1.70. The van der Waals surface area contributed by atoms with Crippen LogP contribution in [0, 0.1) is 0 Å². The molecular weight excluding hydrogens is 166 g/mol. The van der Waals surface area contributed by atoms with Crippen molar-refractivity contribution in [2.24, 2.45) is 0 Å². The van der Waals surface area contributed by atoms with Gasteiger partial charge in [0.1, 0.15) is 6.04 Å². The molecular formula is C7H14ClNO2. The zero-order valence-corrected chi connectivity index (χ0v) is 7.89. The summed E-state index contributed by atoms with van der Waals surface area (Å²) in [4.78, 5) is 11.0. The fourth-order valence-electron chi connectivity index (χ4n) is 0.850. The molecule has 0 heterocycles. The number of nitrogens with zero attached hydrogens (tertiary/aromatic N) is 1. The minimum Gasteiger partial charge on any atom is -0.468 e. The van der Waals surface area contributed by atoms with Crippen LogP contribution in [0.2, 0.25) is 0 Å². The summed E-state index contributed by atoms with van der Waals surface area (Å²) in [7, 11) is 3.02. The number of likely N-dealkylation sites (N-methyl/N-ethyl adjacent to an activating group) is 1. The first-order valence-corrected chi connectivity index (χ1v) is 3.93. The van der Waals surface area contributed by atoms with Gasteiger partial charge in [-0.25, -0.2) is 4.42 Å². The van der Waals surface area contributed by atoms with Gasteiger partial charge in [-0.15, -0.1) is 0 Å². The van der Waals surface area contributed by atoms with Crippen LogP contribution in [0.5, 0.6) is 0 Å². The van der Waals surface area contributed by atoms with Gasteiger partial charge in [0, 0.05) is 7.05 Å². The summed E-state index contributed by atoms with van der Waals surface area (Å²) >= 11 is 5.63. The molecule has 0 unspecified atom stereocenters. The van der Waals surface area contributed by atoms with Gasteiger partial charge in [0.25, 0.3) is 0 Å². The highest BCUT2D eigenvalue weighted by molar-refractivity contribution is 6.14. The summed E-state index contributed by atoms with van der Waals surface area (Å²) in [5, 5.41) is 0. The SMILES string of the molecule is CCC[C@H](C(=O)OC)N(C)Cl. The lowest BCUT2D eigenvalue weighted by Gasteiger charge is -2.17. The normalized spacial score (nSPS) is 13.2. The van der Waals surface area contributed by atoms with Crippen LogP contribution in [-0.2, 0) is 9.53 Å². The summed E-state index contributed by atoms with van der Waals surface area (Å²) in [6.07, 6.45) is 1.64. The Bertz CT molecular complexity index is 128. The van der Waals surface area contributed by atoms with Gasteiger partial charge in [-0.2, -0.15) is 0 Å². The van der Waals surface area contributed by atoms with Gasteiger partial charge in [0.05, 0.1) is 7.11 Å². The predicted octanol–water partition coefficient (Wildman–Crippen LogP) is 1.41. The minimum absolute atomic E-state index is 0.274. The maximum absolute atomic E-state index is 11.0. The second-order valence-electron chi connectivity index (χ2n) is 2.35. The van der Waals surface area contributed by atoms with Crippen LogP contribution >= 0.6 is 11.8 Å². The Morgan fingerprint density at radius 2 is 2.27 bits per heavy atom. The maximum atomic E-state index is 11.0. The van der Waals surface area contributed by atoms with Crippen LogP contribution < -0.4 is 0 Å². The molecule has 0 aromatic rings. The van der Waals surface area contributed by atoms with E-state index in [0.717, 1.165) is 12.8 Å². The molecule has 0 radical (unpaired) electrons. The van der Waals surface area contributed by atoms with Crippen LogP contribution in [0.4, 0.5) is 0 Å². The Labute approximate surface area is 72.4 Å². The standard InChI is InChI=1S/C7H14ClNO2/c1-4-5-6(9(2)8)7(10)11-3/h6H,4-5H2,1-3H3/t6-/m1/s1. The minimum atomic E-state index is -0.313. The van der Waals surface area contributed by atoms with Crippen molar-refractivity contribution in [1.82, 2.24) is 4.42 Å². The second kappa shape index (κ2) is 5.38. The number of esters is 1. The molecule has 0 aromatic carbocycles. The molecule has 0 rings (SSSR count). The summed E-state index contributed by atoms with van der Waals surface area (Å²) < 4.78 is 5.92. The van der Waals surface area contributed by atoms with Gasteiger partial charge in [0.15, 0.2) is 0 Å². The van der Waals surface area contributed by atoms with Crippen molar-refractivity contribution < 1.29 is 9.53 Å². The van der Waals surface area contributed by atoms with E-state index in [1.165, 1.54) is 11.5 Å². The van der Waals surface area contributed by atoms with Crippen molar-refractivity contribution in [2.45, 2.75) is 25.8 Å². The van der Waals surface area contributed by atoms with Gasteiger partial charge >= 0.3 is 5.97 Å². The molecule has 0 N–H and O–H groups in total. The van der Waals surface area contributed by atoms with Crippen molar-refractivity contribution >= 4 is 17.7 Å². The van der Waals surface area contributed by atoms with E-state index in [9.17, 15) is 4.79 Å². The molecule has 0 aliphatic heterocycles. The summed E-state index contributed by atoms with van der Waals surface area (Å²) in [5.41, 5.74) is 0. The Balaban J connectivity index is 3.98. The van der Waals surface area contributed by atoms with Gasteiger partial charge in [-0.05, 0) is 18.2 Å². The first kappa shape index (κ1) is 10.7. The zero-order valence-electron chi connectivity index (χ0n) is 7.13. The van der Waals surface area contributed by atoms with Gasteiger partial charge in [-0.3, -0.25) is 4.79 Å². The van der Waals surface area contributed by atoms with Crippen molar-refractivity contribution in [2.75, 3.05) is 14.2 Å². The van der Waals surface area contributed by atoms with E-state index in [4.69, 9.17) is 11.8 Å². The lowest BCUT2D eigenvalue weighted by Crippen LogP contribution is -2.33. The monoisotopic (exact) mass is 179 g/mol. The molecule has 0 aliphatic rings. The number of hydrogen-bond acceptors (Lipinski definition) is 3. The molecule has 0 aromatic heterocycles. The van der Waals surface area contributed by atoms with Crippen LogP contribution in [0.25, 0.3) is 0 Å². The van der Waals surface area contributed by atoms with E-state index in [1.807, 2.05) is 6.92 Å². The first-order valence-electron chi connectivity index (χ1n) is 3.59. The molecule has 1 atom stereocenters. The van der Waals surface area contributed by atoms with Gasteiger partial charge < -0.3 is 4.74 Å². The number of methoxy groups -OCH3 is 1. The van der Waals surface area contributed by atoms with E-state index in [1.54, 1.807) is 7.05 Å². The van der Waals surface area contributed by atoms with Crippen LogP contribution in [0.15, 0.2) is 0 Å². The zero-order chi connectivity index (χ0) is 8.85. The summed E-state index contributed by atoms with van der Waals surface area (Å²) in [5.74, 6) is -0.274. The molecule has 3 nitrogen and oxygen atoms in total. The number of carbonyl (C=O) groups excluding carboxylic acids is 1. The van der Waals surface area contributed by atoms with Crippen molar-refractivity contribution in [3.8, 4) is 0 Å². The third-order valence-electron chi connectivity index (χ3n) is 1.46. The Morgan fingerprint density at radius 1 is 1.73 bits per heavy atom. The van der Waals surface area contributed by atoms with E-state index in [0.29, 0.717) is 0 Å². The number of carbonyl (C=O) groups is 1. The predicted molar refractivity (Wildman–Crippen MR) is 44.3 cm³/mol. The van der Waals surface area contributed by atoms with Crippen molar-refractivity contribution in [3.63, 3.8) is 0 Å². The topological polar surface area (TPSA) is 29.5 Å². The summed E-state index contributed by atoms with van der Waals surface area (Å²) in [6.45, 7) is 2.00. The molecule has 0 saturated carbocycles. The fourth-order valence-corrected chi connectivity index (χ4v) is 1.03. The molecule has 0 bridgehead atoms. The smallest absolute Gasteiger partial charge is 0.324 e. The highest BCUT2D eigenvalue weighted by atomic mass is 35.5. The molecule has 0 fully saturated rings. The van der Waals surface area contributed by atoms with Gasteiger partial charge in [-0.1, -0.05) is 13.3 Å². The number of halogens is 1. The summed E-state index contributed by atoms with van der Waals surface area (Å²) in [6, 6.07) is -0.313. The molecule has 66 valence electrons. The largest absolute Gasteiger partial charge is 0.468 e. The molecule has 0 aliphatic carbocycles.